The summed E-state index contributed by atoms with van der Waals surface area (Å²) in [6.45, 7) is 2.17. The van der Waals surface area contributed by atoms with E-state index in [9.17, 15) is 0 Å². The summed E-state index contributed by atoms with van der Waals surface area (Å²) in [5.74, 6) is 0. The summed E-state index contributed by atoms with van der Waals surface area (Å²) in [4.78, 5) is 0. The van der Waals surface area contributed by atoms with Gasteiger partial charge in [0.15, 0.2) is 0 Å². The first kappa shape index (κ1) is 6.68. The van der Waals surface area contributed by atoms with Gasteiger partial charge in [0.1, 0.15) is 0 Å². The molecule has 1 heterocycles. The van der Waals surface area contributed by atoms with Gasteiger partial charge >= 0.3 is 0 Å². The van der Waals surface area contributed by atoms with Crippen molar-refractivity contribution in [2.45, 2.75) is 26.2 Å². The van der Waals surface area contributed by atoms with Gasteiger partial charge in [-0.1, -0.05) is 17.8 Å². The van der Waals surface area contributed by atoms with Crippen molar-refractivity contribution in [3.63, 3.8) is 0 Å². The molecule has 0 saturated heterocycles. The molecule has 49 valence electrons. The van der Waals surface area contributed by atoms with Crippen molar-refractivity contribution in [1.82, 2.24) is 9.59 Å². The first-order valence-electron chi connectivity index (χ1n) is 3.12. The van der Waals surface area contributed by atoms with Gasteiger partial charge in [0, 0.05) is 0 Å². The summed E-state index contributed by atoms with van der Waals surface area (Å²) in [7, 11) is 0. The van der Waals surface area contributed by atoms with Crippen LogP contribution in [0.3, 0.4) is 0 Å². The van der Waals surface area contributed by atoms with Crippen molar-refractivity contribution in [2.24, 2.45) is 0 Å². The van der Waals surface area contributed by atoms with E-state index in [4.69, 9.17) is 0 Å². The highest BCUT2D eigenvalue weighted by Gasteiger charge is 1.93. The lowest BCUT2D eigenvalue weighted by Crippen LogP contribution is -1.83. The van der Waals surface area contributed by atoms with E-state index in [2.05, 4.69) is 21.9 Å². The van der Waals surface area contributed by atoms with Crippen molar-refractivity contribution >= 4 is 11.5 Å². The molecule has 1 rings (SSSR count). The monoisotopic (exact) mass is 141 g/mol. The third-order valence-corrected chi connectivity index (χ3v) is 1.62. The van der Waals surface area contributed by atoms with Crippen LogP contribution in [-0.4, -0.2) is 9.59 Å². The molecule has 2 nitrogen and oxygen atoms in total. The van der Waals surface area contributed by atoms with E-state index < -0.39 is 0 Å². The zero-order valence-electron chi connectivity index (χ0n) is 5.42. The Bertz CT molecular complexity index is 148. The predicted octanol–water partition coefficient (Wildman–Crippen LogP) is 1.68. The largest absolute Gasteiger partial charge is 0.142 e. The second kappa shape index (κ2) is 3.56. The summed E-state index contributed by atoms with van der Waals surface area (Å²) < 4.78 is 3.71. The van der Waals surface area contributed by atoms with E-state index in [0.717, 1.165) is 12.1 Å². The van der Waals surface area contributed by atoms with Gasteiger partial charge in [-0.15, -0.1) is 5.10 Å². The zero-order chi connectivity index (χ0) is 6.53. The SMILES string of the molecule is CCCCc1[c]snn1. The van der Waals surface area contributed by atoms with Gasteiger partial charge in [-0.2, -0.15) is 0 Å². The quantitative estimate of drug-likeness (QED) is 0.640. The summed E-state index contributed by atoms with van der Waals surface area (Å²) in [5, 5.41) is 6.86. The van der Waals surface area contributed by atoms with Crippen molar-refractivity contribution in [1.29, 1.82) is 0 Å². The topological polar surface area (TPSA) is 25.8 Å². The van der Waals surface area contributed by atoms with Crippen molar-refractivity contribution in [2.75, 3.05) is 0 Å². The van der Waals surface area contributed by atoms with Crippen LogP contribution in [-0.2, 0) is 6.42 Å². The van der Waals surface area contributed by atoms with Crippen LogP contribution in [0.2, 0.25) is 0 Å². The van der Waals surface area contributed by atoms with Crippen LogP contribution in [0.5, 0.6) is 0 Å². The number of nitrogens with zero attached hydrogens (tertiary/aromatic N) is 2. The fourth-order valence-corrected chi connectivity index (χ4v) is 1.04. The Labute approximate surface area is 59.1 Å². The molecule has 1 aromatic heterocycles. The Morgan fingerprint density at radius 3 is 3.11 bits per heavy atom. The molecule has 3 heteroatoms. The zero-order valence-corrected chi connectivity index (χ0v) is 6.24. The maximum absolute atomic E-state index is 3.87. The molecule has 1 radical (unpaired) electrons. The van der Waals surface area contributed by atoms with Gasteiger partial charge in [0.2, 0.25) is 0 Å². The minimum Gasteiger partial charge on any atom is -0.142 e. The normalized spacial score (nSPS) is 9.89. The number of unbranched alkanes of at least 4 members (excludes halogenated alkanes) is 1. The predicted molar refractivity (Wildman–Crippen MR) is 37.4 cm³/mol. The molecule has 0 amide bonds. The third-order valence-electron chi connectivity index (χ3n) is 1.13. The van der Waals surface area contributed by atoms with Gasteiger partial charge in [-0.3, -0.25) is 0 Å². The number of hydrogen-bond acceptors (Lipinski definition) is 3. The molecular formula is C6H9N2S. The van der Waals surface area contributed by atoms with E-state index in [1.54, 1.807) is 0 Å². The molecule has 0 spiro atoms. The third kappa shape index (κ3) is 2.10. The molecular weight excluding hydrogens is 132 g/mol. The molecule has 1 aromatic rings. The van der Waals surface area contributed by atoms with Crippen molar-refractivity contribution < 1.29 is 0 Å². The van der Waals surface area contributed by atoms with Gasteiger partial charge in [0.25, 0.3) is 0 Å². The molecule has 0 fully saturated rings. The Morgan fingerprint density at radius 2 is 2.56 bits per heavy atom. The minimum atomic E-state index is 1.02. The summed E-state index contributed by atoms with van der Waals surface area (Å²) in [6, 6.07) is 0. The summed E-state index contributed by atoms with van der Waals surface area (Å²) in [6.07, 6.45) is 3.44. The molecule has 0 aliphatic rings. The van der Waals surface area contributed by atoms with Gasteiger partial charge < -0.3 is 0 Å². The first-order valence-corrected chi connectivity index (χ1v) is 3.89. The maximum atomic E-state index is 3.87. The molecule has 9 heavy (non-hydrogen) atoms. The van der Waals surface area contributed by atoms with E-state index in [-0.39, 0.29) is 0 Å². The van der Waals surface area contributed by atoms with Gasteiger partial charge in [0.05, 0.1) is 11.1 Å². The molecule has 0 saturated carbocycles. The van der Waals surface area contributed by atoms with E-state index in [1.165, 1.54) is 24.4 Å². The number of hydrogen-bond donors (Lipinski definition) is 0. The van der Waals surface area contributed by atoms with Gasteiger partial charge in [-0.05, 0) is 24.4 Å². The van der Waals surface area contributed by atoms with E-state index in [0.29, 0.717) is 0 Å². The fourth-order valence-electron chi connectivity index (χ4n) is 0.608. The molecule has 0 aliphatic heterocycles. The fraction of sp³-hybridized carbons (Fsp3) is 0.667. The Morgan fingerprint density at radius 1 is 1.67 bits per heavy atom. The maximum Gasteiger partial charge on any atom is 0.0921 e. The Balaban J connectivity index is 2.30. The standard InChI is InChI=1S/C6H9N2S/c1-2-3-4-6-5-9-8-7-6/h2-4H2,1H3. The number of aryl methyl sites for hydroxylation is 1. The second-order valence-electron chi connectivity index (χ2n) is 1.93. The lowest BCUT2D eigenvalue weighted by Gasteiger charge is -1.87. The van der Waals surface area contributed by atoms with Crippen LogP contribution >= 0.6 is 11.5 Å². The van der Waals surface area contributed by atoms with Gasteiger partial charge in [-0.25, -0.2) is 0 Å². The Kier molecular flexibility index (Phi) is 2.64. The average Bonchev–Trinajstić information content (AvgIpc) is 2.34. The smallest absolute Gasteiger partial charge is 0.0921 e. The van der Waals surface area contributed by atoms with Crippen LogP contribution in [0.15, 0.2) is 0 Å². The molecule has 0 N–H and O–H groups in total. The highest BCUT2D eigenvalue weighted by Crippen LogP contribution is 2.00. The number of rotatable bonds is 3. The lowest BCUT2D eigenvalue weighted by molar-refractivity contribution is 0.772. The van der Waals surface area contributed by atoms with E-state index >= 15 is 0 Å². The first-order chi connectivity index (χ1) is 4.43. The van der Waals surface area contributed by atoms with Crippen LogP contribution < -0.4 is 0 Å². The lowest BCUT2D eigenvalue weighted by atomic mass is 10.2. The minimum absolute atomic E-state index is 1.02. The molecule has 0 aromatic carbocycles. The molecule has 0 bridgehead atoms. The van der Waals surface area contributed by atoms with Crippen LogP contribution in [0.25, 0.3) is 0 Å². The number of aromatic nitrogens is 2. The molecule has 0 aliphatic carbocycles. The van der Waals surface area contributed by atoms with Crippen molar-refractivity contribution in [3.05, 3.63) is 11.1 Å². The summed E-state index contributed by atoms with van der Waals surface area (Å²) >= 11 is 1.30. The Hall–Kier alpha value is -0.440. The summed E-state index contributed by atoms with van der Waals surface area (Å²) in [5.41, 5.74) is 1.02. The average molecular weight is 141 g/mol. The van der Waals surface area contributed by atoms with Crippen LogP contribution in [0.4, 0.5) is 0 Å². The van der Waals surface area contributed by atoms with Crippen LogP contribution in [0, 0.1) is 5.38 Å². The van der Waals surface area contributed by atoms with E-state index in [1.807, 2.05) is 0 Å². The highest BCUT2D eigenvalue weighted by molar-refractivity contribution is 7.02. The molecule has 0 unspecified atom stereocenters. The highest BCUT2D eigenvalue weighted by atomic mass is 32.1. The molecule has 0 atom stereocenters. The second-order valence-corrected chi connectivity index (χ2v) is 2.48. The van der Waals surface area contributed by atoms with Crippen molar-refractivity contribution in [3.8, 4) is 0 Å². The van der Waals surface area contributed by atoms with Crippen LogP contribution in [0.1, 0.15) is 25.5 Å².